The number of hydrogen-bond donors (Lipinski definition) is 3. The maximum absolute atomic E-state index is 13.3. The predicted molar refractivity (Wildman–Crippen MR) is 125 cm³/mol. The lowest BCUT2D eigenvalue weighted by Gasteiger charge is -2.40. The molecule has 12 heteroatoms. The zero-order chi connectivity index (χ0) is 23.9. The average Bonchev–Trinajstić information content (AvgIpc) is 3.48. The normalized spacial score (nSPS) is 19.4. The van der Waals surface area contributed by atoms with Crippen LogP contribution in [0.15, 0.2) is 52.6 Å². The van der Waals surface area contributed by atoms with Gasteiger partial charge in [-0.05, 0) is 31.2 Å². The highest BCUT2D eigenvalue weighted by Gasteiger charge is 2.51. The van der Waals surface area contributed by atoms with Gasteiger partial charge in [0.2, 0.25) is 0 Å². The molecule has 1 aliphatic rings. The van der Waals surface area contributed by atoms with Gasteiger partial charge >= 0.3 is 0 Å². The van der Waals surface area contributed by atoms with E-state index < -0.39 is 23.5 Å². The fourth-order valence-electron chi connectivity index (χ4n) is 3.70. The molecule has 2 amide bonds. The van der Waals surface area contributed by atoms with Crippen LogP contribution in [0.25, 0.3) is 22.2 Å². The molecule has 174 valence electrons. The lowest BCUT2D eigenvalue weighted by molar-refractivity contribution is -0.170. The van der Waals surface area contributed by atoms with Gasteiger partial charge in [0.25, 0.3) is 11.8 Å². The van der Waals surface area contributed by atoms with Crippen LogP contribution in [0.5, 0.6) is 0 Å². The topological polar surface area (TPSA) is 157 Å². The van der Waals surface area contributed by atoms with Crippen LogP contribution in [-0.4, -0.2) is 56.9 Å². The number of carbonyl (C=O) groups is 2. The number of aliphatic hydroxyl groups is 1. The number of nitrogens with one attached hydrogen (secondary N) is 1. The summed E-state index contributed by atoms with van der Waals surface area (Å²) in [6, 6.07) is 8.40. The largest absolute Gasteiger partial charge is 0.380 e. The standard InChI is InChI=1S/C22H20N6O5S/c1-22(17(29)19(30)25-13-2-3-14-16(10-13)33-27-18(14)23)20(31)28(8-9-32-22)21-26-15(11-34-21)12-4-6-24-7-5-12/h2-7,10-11,17,29H,8-9H2,1H3,(H2,23,27)(H,25,30)/t17?,22-/m1/s1. The molecule has 1 aromatic carbocycles. The van der Waals surface area contributed by atoms with Crippen molar-refractivity contribution in [2.24, 2.45) is 0 Å². The van der Waals surface area contributed by atoms with Crippen molar-refractivity contribution in [1.29, 1.82) is 0 Å². The van der Waals surface area contributed by atoms with Gasteiger partial charge in [-0.2, -0.15) is 0 Å². The number of thiazole rings is 1. The molecule has 1 aliphatic heterocycles. The lowest BCUT2D eigenvalue weighted by atomic mass is 9.94. The second-order valence-electron chi connectivity index (χ2n) is 7.83. The minimum Gasteiger partial charge on any atom is -0.380 e. The summed E-state index contributed by atoms with van der Waals surface area (Å²) in [5.41, 5.74) is 6.19. The van der Waals surface area contributed by atoms with Crippen LogP contribution in [0, 0.1) is 0 Å². The Morgan fingerprint density at radius 1 is 1.32 bits per heavy atom. The minimum absolute atomic E-state index is 0.125. The smallest absolute Gasteiger partial charge is 0.264 e. The van der Waals surface area contributed by atoms with Gasteiger partial charge in [0.1, 0.15) is 0 Å². The fourth-order valence-corrected chi connectivity index (χ4v) is 4.56. The van der Waals surface area contributed by atoms with Crippen molar-refractivity contribution in [3.63, 3.8) is 0 Å². The Balaban J connectivity index is 1.34. The summed E-state index contributed by atoms with van der Waals surface area (Å²) in [7, 11) is 0. The number of aliphatic hydroxyl groups excluding tert-OH is 1. The van der Waals surface area contributed by atoms with Crippen molar-refractivity contribution in [2.75, 3.05) is 29.1 Å². The van der Waals surface area contributed by atoms with E-state index in [-0.39, 0.29) is 19.0 Å². The summed E-state index contributed by atoms with van der Waals surface area (Å²) in [4.78, 5) is 36.2. The van der Waals surface area contributed by atoms with Gasteiger partial charge in [0.05, 0.1) is 24.2 Å². The van der Waals surface area contributed by atoms with Crippen LogP contribution >= 0.6 is 11.3 Å². The number of anilines is 3. The zero-order valence-corrected chi connectivity index (χ0v) is 18.8. The van der Waals surface area contributed by atoms with Crippen LogP contribution in [0.1, 0.15) is 6.92 Å². The SMILES string of the molecule is C[C@]1(C(O)C(=O)Nc2ccc3c(N)noc3c2)OCCN(c2nc(-c3ccncc3)cs2)C1=O. The summed E-state index contributed by atoms with van der Waals surface area (Å²) < 4.78 is 10.7. The van der Waals surface area contributed by atoms with Crippen LogP contribution in [0.4, 0.5) is 16.6 Å². The number of amides is 2. The van der Waals surface area contributed by atoms with Crippen LogP contribution in [0.3, 0.4) is 0 Å². The van der Waals surface area contributed by atoms with Gasteiger partial charge in [-0.25, -0.2) is 4.98 Å². The summed E-state index contributed by atoms with van der Waals surface area (Å²) in [5.74, 6) is -1.13. The number of fused-ring (bicyclic) bond motifs is 1. The zero-order valence-electron chi connectivity index (χ0n) is 18.0. The van der Waals surface area contributed by atoms with E-state index in [1.54, 1.807) is 24.5 Å². The van der Waals surface area contributed by atoms with Gasteiger partial charge in [0, 0.05) is 35.1 Å². The Morgan fingerprint density at radius 3 is 2.91 bits per heavy atom. The van der Waals surface area contributed by atoms with Gasteiger partial charge in [-0.1, -0.05) is 5.16 Å². The number of carbonyl (C=O) groups excluding carboxylic acids is 2. The number of ether oxygens (including phenoxy) is 1. The second kappa shape index (κ2) is 8.48. The maximum atomic E-state index is 13.3. The molecule has 1 fully saturated rings. The molecule has 2 atom stereocenters. The first-order chi connectivity index (χ1) is 16.4. The molecule has 3 aromatic heterocycles. The van der Waals surface area contributed by atoms with E-state index in [0.717, 1.165) is 5.56 Å². The number of hydrogen-bond acceptors (Lipinski definition) is 10. The number of rotatable bonds is 5. The van der Waals surface area contributed by atoms with E-state index in [1.807, 2.05) is 17.5 Å². The molecule has 4 N–H and O–H groups in total. The van der Waals surface area contributed by atoms with Gasteiger partial charge < -0.3 is 25.4 Å². The van der Waals surface area contributed by atoms with E-state index in [4.69, 9.17) is 15.0 Å². The number of nitrogens with zero attached hydrogens (tertiary/aromatic N) is 4. The quantitative estimate of drug-likeness (QED) is 0.389. The Morgan fingerprint density at radius 2 is 2.12 bits per heavy atom. The first kappa shape index (κ1) is 21.9. The highest BCUT2D eigenvalue weighted by Crippen LogP contribution is 2.33. The highest BCUT2D eigenvalue weighted by atomic mass is 32.1. The molecule has 34 heavy (non-hydrogen) atoms. The first-order valence-corrected chi connectivity index (χ1v) is 11.2. The number of nitrogen functional groups attached to an aromatic ring is 1. The fraction of sp³-hybridized carbons (Fsp3) is 0.227. The van der Waals surface area contributed by atoms with Crippen molar-refractivity contribution >= 4 is 50.8 Å². The monoisotopic (exact) mass is 480 g/mol. The predicted octanol–water partition coefficient (Wildman–Crippen LogP) is 2.05. The summed E-state index contributed by atoms with van der Waals surface area (Å²) in [6.07, 6.45) is 1.54. The molecule has 5 rings (SSSR count). The highest BCUT2D eigenvalue weighted by molar-refractivity contribution is 7.14. The molecule has 0 radical (unpaired) electrons. The molecule has 4 heterocycles. The molecule has 0 saturated carbocycles. The first-order valence-electron chi connectivity index (χ1n) is 10.3. The lowest BCUT2D eigenvalue weighted by Crippen LogP contribution is -2.63. The number of morpholine rings is 1. The average molecular weight is 481 g/mol. The number of nitrogens with two attached hydrogens (primary N) is 1. The Labute approximate surface area is 197 Å². The van der Waals surface area contributed by atoms with Crippen LogP contribution in [-0.2, 0) is 14.3 Å². The summed E-state index contributed by atoms with van der Waals surface area (Å²) in [6.45, 7) is 1.76. The maximum Gasteiger partial charge on any atom is 0.264 e. The van der Waals surface area contributed by atoms with E-state index in [0.29, 0.717) is 27.5 Å². The van der Waals surface area contributed by atoms with Crippen molar-refractivity contribution in [1.82, 2.24) is 15.1 Å². The Bertz CT molecular complexity index is 1370. The number of aromatic nitrogens is 3. The molecule has 0 aliphatic carbocycles. The molecule has 11 nitrogen and oxygen atoms in total. The van der Waals surface area contributed by atoms with E-state index in [2.05, 4.69) is 20.4 Å². The molecule has 0 spiro atoms. The van der Waals surface area contributed by atoms with Gasteiger partial charge in [0.15, 0.2) is 28.2 Å². The molecule has 1 saturated heterocycles. The van der Waals surface area contributed by atoms with Gasteiger partial charge in [-0.15, -0.1) is 11.3 Å². The molecule has 1 unspecified atom stereocenters. The molecule has 0 bridgehead atoms. The Hall–Kier alpha value is -3.87. The minimum atomic E-state index is -1.80. The van der Waals surface area contributed by atoms with Crippen molar-refractivity contribution < 1.29 is 24.0 Å². The Kier molecular flexibility index (Phi) is 5.48. The third-order valence-electron chi connectivity index (χ3n) is 5.62. The summed E-state index contributed by atoms with van der Waals surface area (Å²) >= 11 is 1.29. The van der Waals surface area contributed by atoms with Crippen molar-refractivity contribution in [2.45, 2.75) is 18.6 Å². The molecular weight excluding hydrogens is 460 g/mol. The van der Waals surface area contributed by atoms with E-state index in [9.17, 15) is 14.7 Å². The van der Waals surface area contributed by atoms with Gasteiger partial charge in [-0.3, -0.25) is 19.5 Å². The second-order valence-corrected chi connectivity index (χ2v) is 8.67. The number of benzene rings is 1. The van der Waals surface area contributed by atoms with E-state index in [1.165, 1.54) is 29.2 Å². The van der Waals surface area contributed by atoms with Crippen LogP contribution in [0.2, 0.25) is 0 Å². The molecule has 4 aromatic rings. The third-order valence-corrected chi connectivity index (χ3v) is 6.49. The van der Waals surface area contributed by atoms with Crippen molar-refractivity contribution in [3.05, 3.63) is 48.1 Å². The van der Waals surface area contributed by atoms with Crippen molar-refractivity contribution in [3.8, 4) is 11.3 Å². The summed E-state index contributed by atoms with van der Waals surface area (Å²) in [5, 5.41) is 20.0. The van der Waals surface area contributed by atoms with E-state index >= 15 is 0 Å². The third kappa shape index (κ3) is 3.77. The molecular formula is C22H20N6O5S. The number of pyridine rings is 1. The van der Waals surface area contributed by atoms with Crippen LogP contribution < -0.4 is 16.0 Å².